The molecule has 0 radical (unpaired) electrons. The van der Waals surface area contributed by atoms with Gasteiger partial charge in [0.2, 0.25) is 11.8 Å². The van der Waals surface area contributed by atoms with E-state index in [1.165, 1.54) is 24.3 Å². The Labute approximate surface area is 171 Å². The summed E-state index contributed by atoms with van der Waals surface area (Å²) in [6.07, 6.45) is 0. The molecule has 2 aromatic carbocycles. The van der Waals surface area contributed by atoms with Crippen LogP contribution in [0.4, 0.5) is 10.1 Å². The van der Waals surface area contributed by atoms with Gasteiger partial charge in [-0.2, -0.15) is 0 Å². The minimum Gasteiger partial charge on any atom is -0.414 e. The first-order chi connectivity index (χ1) is 13.9. The number of aryl methyl sites for hydroxylation is 2. The van der Waals surface area contributed by atoms with Gasteiger partial charge >= 0.3 is 0 Å². The Hall–Kier alpha value is -3.20. The number of anilines is 1. The van der Waals surface area contributed by atoms with Crippen molar-refractivity contribution in [3.05, 3.63) is 70.9 Å². The predicted molar refractivity (Wildman–Crippen MR) is 107 cm³/mol. The molecule has 29 heavy (non-hydrogen) atoms. The number of hydrogen-bond acceptors (Lipinski definition) is 6. The molecule has 2 amide bonds. The van der Waals surface area contributed by atoms with Crippen molar-refractivity contribution in [3.63, 3.8) is 0 Å². The minimum absolute atomic E-state index is 0.0263. The molecule has 0 aliphatic rings. The van der Waals surface area contributed by atoms with E-state index in [9.17, 15) is 14.0 Å². The van der Waals surface area contributed by atoms with Gasteiger partial charge < -0.3 is 15.1 Å². The molecule has 2 N–H and O–H groups in total. The Kier molecular flexibility index (Phi) is 6.61. The Morgan fingerprint density at radius 1 is 1.07 bits per heavy atom. The predicted octanol–water partition coefficient (Wildman–Crippen LogP) is 3.49. The van der Waals surface area contributed by atoms with Crippen LogP contribution in [0.3, 0.4) is 0 Å². The zero-order valence-electron chi connectivity index (χ0n) is 15.9. The number of carbonyl (C=O) groups excluding carboxylic acids is 2. The van der Waals surface area contributed by atoms with Crippen LogP contribution in [0.15, 0.2) is 52.1 Å². The number of amides is 2. The van der Waals surface area contributed by atoms with Crippen molar-refractivity contribution >= 4 is 29.3 Å². The van der Waals surface area contributed by atoms with E-state index in [2.05, 4.69) is 20.8 Å². The van der Waals surface area contributed by atoms with Crippen LogP contribution < -0.4 is 10.6 Å². The zero-order chi connectivity index (χ0) is 20.8. The number of nitrogens with zero attached hydrogens (tertiary/aromatic N) is 2. The second-order valence-electron chi connectivity index (χ2n) is 6.36. The highest BCUT2D eigenvalue weighted by Crippen LogP contribution is 2.18. The second-order valence-corrected chi connectivity index (χ2v) is 7.29. The van der Waals surface area contributed by atoms with E-state index >= 15 is 0 Å². The maximum absolute atomic E-state index is 12.9. The molecule has 0 fully saturated rings. The molecule has 0 spiro atoms. The molecule has 1 heterocycles. The molecule has 1 aromatic heterocycles. The lowest BCUT2D eigenvalue weighted by Crippen LogP contribution is -2.22. The van der Waals surface area contributed by atoms with E-state index in [4.69, 9.17) is 4.42 Å². The fourth-order valence-electron chi connectivity index (χ4n) is 2.60. The molecule has 0 atom stereocenters. The van der Waals surface area contributed by atoms with E-state index in [-0.39, 0.29) is 35.2 Å². The highest BCUT2D eigenvalue weighted by atomic mass is 32.2. The SMILES string of the molecule is Cc1cc(C)cc(NC(=O)CSc2nnc(CNC(=O)c3ccc(F)cc3)o2)c1. The lowest BCUT2D eigenvalue weighted by molar-refractivity contribution is -0.113. The molecule has 0 saturated carbocycles. The first-order valence-electron chi connectivity index (χ1n) is 8.76. The van der Waals surface area contributed by atoms with Gasteiger partial charge in [-0.3, -0.25) is 9.59 Å². The normalized spacial score (nSPS) is 10.6. The molecule has 0 aliphatic heterocycles. The highest BCUT2D eigenvalue weighted by Gasteiger charge is 2.12. The summed E-state index contributed by atoms with van der Waals surface area (Å²) in [5, 5.41) is 13.4. The average Bonchev–Trinajstić information content (AvgIpc) is 3.12. The van der Waals surface area contributed by atoms with E-state index in [0.717, 1.165) is 28.6 Å². The number of thioether (sulfide) groups is 1. The Balaban J connectivity index is 1.46. The van der Waals surface area contributed by atoms with Crippen LogP contribution in [0.2, 0.25) is 0 Å². The monoisotopic (exact) mass is 414 g/mol. The van der Waals surface area contributed by atoms with Crippen molar-refractivity contribution in [3.8, 4) is 0 Å². The lowest BCUT2D eigenvalue weighted by atomic mass is 10.1. The van der Waals surface area contributed by atoms with Crippen LogP contribution in [0, 0.1) is 19.7 Å². The van der Waals surface area contributed by atoms with E-state index in [1.54, 1.807) is 0 Å². The number of halogens is 1. The summed E-state index contributed by atoms with van der Waals surface area (Å²) >= 11 is 1.10. The highest BCUT2D eigenvalue weighted by molar-refractivity contribution is 7.99. The number of aromatic nitrogens is 2. The summed E-state index contributed by atoms with van der Waals surface area (Å²) in [4.78, 5) is 24.1. The Morgan fingerprint density at radius 3 is 2.45 bits per heavy atom. The molecule has 0 aliphatic carbocycles. The third kappa shape index (κ3) is 6.15. The Morgan fingerprint density at radius 2 is 1.76 bits per heavy atom. The summed E-state index contributed by atoms with van der Waals surface area (Å²) in [5.41, 5.74) is 3.20. The van der Waals surface area contributed by atoms with Crippen LogP contribution in [0.1, 0.15) is 27.4 Å². The van der Waals surface area contributed by atoms with E-state index < -0.39 is 5.82 Å². The van der Waals surface area contributed by atoms with Crippen molar-refractivity contribution in [2.45, 2.75) is 25.6 Å². The molecule has 3 aromatic rings. The summed E-state index contributed by atoms with van der Waals surface area (Å²) < 4.78 is 18.3. The van der Waals surface area contributed by atoms with Gasteiger partial charge in [-0.05, 0) is 61.4 Å². The van der Waals surface area contributed by atoms with Crippen molar-refractivity contribution in [2.75, 3.05) is 11.1 Å². The van der Waals surface area contributed by atoms with Crippen LogP contribution in [-0.4, -0.2) is 27.8 Å². The molecule has 7 nitrogen and oxygen atoms in total. The van der Waals surface area contributed by atoms with Crippen molar-refractivity contribution in [2.24, 2.45) is 0 Å². The number of hydrogen-bond donors (Lipinski definition) is 2. The fraction of sp³-hybridized carbons (Fsp3) is 0.200. The maximum atomic E-state index is 12.9. The maximum Gasteiger partial charge on any atom is 0.277 e. The van der Waals surface area contributed by atoms with Gasteiger partial charge in [0, 0.05) is 11.3 Å². The van der Waals surface area contributed by atoms with Crippen molar-refractivity contribution < 1.29 is 18.4 Å². The number of rotatable bonds is 7. The molecule has 0 saturated heterocycles. The minimum atomic E-state index is -0.415. The first-order valence-corrected chi connectivity index (χ1v) is 9.75. The summed E-state index contributed by atoms with van der Waals surface area (Å²) in [7, 11) is 0. The van der Waals surface area contributed by atoms with Crippen molar-refractivity contribution in [1.29, 1.82) is 0 Å². The molecule has 3 rings (SSSR count). The Bertz CT molecular complexity index is 1000. The largest absolute Gasteiger partial charge is 0.414 e. The fourth-order valence-corrected chi connectivity index (χ4v) is 3.18. The standard InChI is InChI=1S/C20H19FN4O3S/c1-12-7-13(2)9-16(8-12)23-17(26)11-29-20-25-24-18(28-20)10-22-19(27)14-3-5-15(21)6-4-14/h3-9H,10-11H2,1-2H3,(H,22,27)(H,23,26). The van der Waals surface area contributed by atoms with Crippen LogP contribution in [-0.2, 0) is 11.3 Å². The number of benzene rings is 2. The summed E-state index contributed by atoms with van der Waals surface area (Å²) in [5.74, 6) is -0.676. The average molecular weight is 414 g/mol. The summed E-state index contributed by atoms with van der Waals surface area (Å²) in [6.45, 7) is 3.96. The smallest absolute Gasteiger partial charge is 0.277 e. The van der Waals surface area contributed by atoms with Crippen LogP contribution in [0.25, 0.3) is 0 Å². The lowest BCUT2D eigenvalue weighted by Gasteiger charge is -2.06. The van der Waals surface area contributed by atoms with Gasteiger partial charge in [-0.25, -0.2) is 4.39 Å². The van der Waals surface area contributed by atoms with Crippen LogP contribution in [0.5, 0.6) is 0 Å². The molecule has 0 unspecified atom stereocenters. The van der Waals surface area contributed by atoms with Crippen molar-refractivity contribution in [1.82, 2.24) is 15.5 Å². The van der Waals surface area contributed by atoms with Crippen LogP contribution >= 0.6 is 11.8 Å². The van der Waals surface area contributed by atoms with E-state index in [1.807, 2.05) is 32.0 Å². The molecule has 0 bridgehead atoms. The number of nitrogens with one attached hydrogen (secondary N) is 2. The van der Waals surface area contributed by atoms with Gasteiger partial charge in [0.25, 0.3) is 11.1 Å². The molecular formula is C20H19FN4O3S. The van der Waals surface area contributed by atoms with Gasteiger partial charge in [-0.1, -0.05) is 17.8 Å². The third-order valence-electron chi connectivity index (χ3n) is 3.79. The van der Waals surface area contributed by atoms with Gasteiger partial charge in [0.1, 0.15) is 5.82 Å². The number of carbonyl (C=O) groups is 2. The quantitative estimate of drug-likeness (QED) is 0.575. The molecular weight excluding hydrogens is 395 g/mol. The third-order valence-corrected chi connectivity index (χ3v) is 4.61. The topological polar surface area (TPSA) is 97.1 Å². The second kappa shape index (κ2) is 9.33. The molecule has 150 valence electrons. The van der Waals surface area contributed by atoms with Gasteiger partial charge in [0.15, 0.2) is 0 Å². The van der Waals surface area contributed by atoms with E-state index in [0.29, 0.717) is 5.56 Å². The van der Waals surface area contributed by atoms with Gasteiger partial charge in [-0.15, -0.1) is 10.2 Å². The molecule has 9 heteroatoms. The van der Waals surface area contributed by atoms with Gasteiger partial charge in [0.05, 0.1) is 12.3 Å². The zero-order valence-corrected chi connectivity index (χ0v) is 16.7. The summed E-state index contributed by atoms with van der Waals surface area (Å²) in [6, 6.07) is 11.0. The first kappa shape index (κ1) is 20.5.